The minimum atomic E-state index is -0.440. The average molecular weight is 284 g/mol. The second kappa shape index (κ2) is 6.76. The fourth-order valence-corrected chi connectivity index (χ4v) is 2.50. The van der Waals surface area contributed by atoms with E-state index in [4.69, 9.17) is 9.47 Å². The first-order valence-electron chi connectivity index (χ1n) is 7.76. The van der Waals surface area contributed by atoms with Gasteiger partial charge >= 0.3 is 6.09 Å². The lowest BCUT2D eigenvalue weighted by atomic mass is 10.1. The number of nitrogens with one attached hydrogen (secondary N) is 2. The molecule has 0 spiro atoms. The van der Waals surface area contributed by atoms with E-state index in [1.165, 1.54) is 12.8 Å². The largest absolute Gasteiger partial charge is 0.444 e. The van der Waals surface area contributed by atoms with Crippen LogP contribution in [0.4, 0.5) is 4.79 Å². The van der Waals surface area contributed by atoms with E-state index in [1.807, 2.05) is 20.8 Å². The lowest BCUT2D eigenvalue weighted by Gasteiger charge is -2.23. The summed E-state index contributed by atoms with van der Waals surface area (Å²) in [6.07, 6.45) is 4.82. The molecule has 2 rings (SSSR count). The first-order chi connectivity index (χ1) is 9.44. The summed E-state index contributed by atoms with van der Waals surface area (Å²) in [7, 11) is 0. The molecule has 1 aliphatic heterocycles. The van der Waals surface area contributed by atoms with Crippen LogP contribution in [0, 0.1) is 5.92 Å². The zero-order valence-corrected chi connectivity index (χ0v) is 12.9. The molecule has 1 aliphatic carbocycles. The second-order valence-electron chi connectivity index (χ2n) is 6.87. The average Bonchev–Trinajstić information content (AvgIpc) is 3.03. The zero-order chi connectivity index (χ0) is 14.6. The molecule has 0 radical (unpaired) electrons. The third-order valence-electron chi connectivity index (χ3n) is 3.69. The van der Waals surface area contributed by atoms with Gasteiger partial charge in [0.2, 0.25) is 0 Å². The van der Waals surface area contributed by atoms with Crippen molar-refractivity contribution >= 4 is 6.09 Å². The highest BCUT2D eigenvalue weighted by atomic mass is 16.6. The van der Waals surface area contributed by atoms with E-state index >= 15 is 0 Å². The smallest absolute Gasteiger partial charge is 0.407 e. The van der Waals surface area contributed by atoms with Crippen LogP contribution in [0.25, 0.3) is 0 Å². The predicted octanol–water partition coefficient (Wildman–Crippen LogP) is 2.06. The highest BCUT2D eigenvalue weighted by Gasteiger charge is 2.32. The van der Waals surface area contributed by atoms with Crippen molar-refractivity contribution < 1.29 is 14.3 Å². The first kappa shape index (κ1) is 15.6. The van der Waals surface area contributed by atoms with Gasteiger partial charge in [0.1, 0.15) is 5.60 Å². The van der Waals surface area contributed by atoms with Crippen LogP contribution < -0.4 is 10.6 Å². The van der Waals surface area contributed by atoms with Crippen molar-refractivity contribution in [3.05, 3.63) is 0 Å². The molecule has 5 nitrogen and oxygen atoms in total. The Labute approximate surface area is 121 Å². The summed E-state index contributed by atoms with van der Waals surface area (Å²) in [6.45, 7) is 8.03. The number of rotatable bonds is 6. The predicted molar refractivity (Wildman–Crippen MR) is 77.7 cm³/mol. The maximum Gasteiger partial charge on any atom is 0.407 e. The van der Waals surface area contributed by atoms with E-state index in [0.29, 0.717) is 24.6 Å². The quantitative estimate of drug-likeness (QED) is 0.784. The van der Waals surface area contributed by atoms with Crippen molar-refractivity contribution in [3.8, 4) is 0 Å². The van der Waals surface area contributed by atoms with Gasteiger partial charge in [-0.3, -0.25) is 0 Å². The van der Waals surface area contributed by atoms with Gasteiger partial charge in [-0.05, 0) is 52.4 Å². The molecule has 1 heterocycles. The van der Waals surface area contributed by atoms with Gasteiger partial charge in [-0.15, -0.1) is 0 Å². The van der Waals surface area contributed by atoms with E-state index in [1.54, 1.807) is 0 Å². The van der Waals surface area contributed by atoms with Gasteiger partial charge in [0.05, 0.1) is 6.10 Å². The van der Waals surface area contributed by atoms with E-state index in [-0.39, 0.29) is 6.09 Å². The molecule has 5 heteroatoms. The zero-order valence-electron chi connectivity index (χ0n) is 12.9. The molecule has 2 atom stereocenters. The molecular weight excluding hydrogens is 256 g/mol. The maximum absolute atomic E-state index is 11.7. The highest BCUT2D eigenvalue weighted by molar-refractivity contribution is 5.67. The third kappa shape index (κ3) is 5.67. The summed E-state index contributed by atoms with van der Waals surface area (Å²) in [5.41, 5.74) is -0.440. The van der Waals surface area contributed by atoms with Gasteiger partial charge in [-0.2, -0.15) is 0 Å². The Morgan fingerprint density at radius 3 is 2.65 bits per heavy atom. The maximum atomic E-state index is 11.7. The number of carbonyl (C=O) groups excluding carboxylic acids is 1. The van der Waals surface area contributed by atoms with Crippen molar-refractivity contribution in [3.63, 3.8) is 0 Å². The molecule has 0 aromatic carbocycles. The second-order valence-corrected chi connectivity index (χ2v) is 6.87. The normalized spacial score (nSPS) is 24.4. The summed E-state index contributed by atoms with van der Waals surface area (Å²) >= 11 is 0. The standard InChI is InChI=1S/C15H28N2O3/c1-15(2,3)20-14(18)17-10-13(11-6-7-11)16-9-12-5-4-8-19-12/h11-13,16H,4-10H2,1-3H3,(H,17,18). The van der Waals surface area contributed by atoms with Crippen molar-refractivity contribution in [2.24, 2.45) is 5.92 Å². The van der Waals surface area contributed by atoms with Crippen LogP contribution in [0.1, 0.15) is 46.5 Å². The Morgan fingerprint density at radius 1 is 1.35 bits per heavy atom. The first-order valence-corrected chi connectivity index (χ1v) is 7.76. The van der Waals surface area contributed by atoms with Crippen molar-refractivity contribution in [1.29, 1.82) is 0 Å². The van der Waals surface area contributed by atoms with Gasteiger partial charge < -0.3 is 20.1 Å². The minimum Gasteiger partial charge on any atom is -0.444 e. The summed E-state index contributed by atoms with van der Waals surface area (Å²) < 4.78 is 10.9. The fourth-order valence-electron chi connectivity index (χ4n) is 2.50. The van der Waals surface area contributed by atoms with E-state index in [9.17, 15) is 4.79 Å². The topological polar surface area (TPSA) is 59.6 Å². The van der Waals surface area contributed by atoms with Gasteiger partial charge in [0.15, 0.2) is 0 Å². The van der Waals surface area contributed by atoms with Crippen LogP contribution >= 0.6 is 0 Å². The molecule has 1 amide bonds. The molecule has 20 heavy (non-hydrogen) atoms. The number of hydrogen-bond acceptors (Lipinski definition) is 4. The van der Waals surface area contributed by atoms with Crippen LogP contribution in [-0.2, 0) is 9.47 Å². The van der Waals surface area contributed by atoms with E-state index in [0.717, 1.165) is 26.0 Å². The molecule has 2 N–H and O–H groups in total. The Bertz CT molecular complexity index is 318. The minimum absolute atomic E-state index is 0.331. The summed E-state index contributed by atoms with van der Waals surface area (Å²) in [6, 6.07) is 0.340. The van der Waals surface area contributed by atoms with Gasteiger partial charge in [0.25, 0.3) is 0 Å². The third-order valence-corrected chi connectivity index (χ3v) is 3.69. The number of hydrogen-bond donors (Lipinski definition) is 2. The molecule has 0 aromatic rings. The number of carbonyl (C=O) groups is 1. The lowest BCUT2D eigenvalue weighted by molar-refractivity contribution is 0.0519. The van der Waals surface area contributed by atoms with Crippen molar-refractivity contribution in [1.82, 2.24) is 10.6 Å². The van der Waals surface area contributed by atoms with Gasteiger partial charge in [-0.25, -0.2) is 4.79 Å². The monoisotopic (exact) mass is 284 g/mol. The Morgan fingerprint density at radius 2 is 2.10 bits per heavy atom. The van der Waals surface area contributed by atoms with Crippen LogP contribution in [-0.4, -0.2) is 43.5 Å². The lowest BCUT2D eigenvalue weighted by Crippen LogP contribution is -2.46. The highest BCUT2D eigenvalue weighted by Crippen LogP contribution is 2.32. The number of alkyl carbamates (subject to hydrolysis) is 1. The van der Waals surface area contributed by atoms with Crippen LogP contribution in [0.2, 0.25) is 0 Å². The molecule has 2 fully saturated rings. The molecule has 0 aromatic heterocycles. The van der Waals surface area contributed by atoms with Gasteiger partial charge in [-0.1, -0.05) is 0 Å². The van der Waals surface area contributed by atoms with Crippen LogP contribution in [0.3, 0.4) is 0 Å². The van der Waals surface area contributed by atoms with Crippen molar-refractivity contribution in [2.75, 3.05) is 19.7 Å². The SMILES string of the molecule is CC(C)(C)OC(=O)NCC(NCC1CCCO1)C1CC1. The molecule has 1 saturated carbocycles. The molecule has 2 aliphatic rings. The van der Waals surface area contributed by atoms with Crippen LogP contribution in [0.15, 0.2) is 0 Å². The Balaban J connectivity index is 1.68. The van der Waals surface area contributed by atoms with Crippen molar-refractivity contribution in [2.45, 2.75) is 64.2 Å². The molecule has 1 saturated heterocycles. The molecule has 2 unspecified atom stereocenters. The Kier molecular flexibility index (Phi) is 5.27. The van der Waals surface area contributed by atoms with Crippen LogP contribution in [0.5, 0.6) is 0 Å². The fraction of sp³-hybridized carbons (Fsp3) is 0.933. The number of ether oxygens (including phenoxy) is 2. The van der Waals surface area contributed by atoms with E-state index in [2.05, 4.69) is 10.6 Å². The summed E-state index contributed by atoms with van der Waals surface area (Å²) in [5.74, 6) is 0.686. The molecule has 0 bridgehead atoms. The summed E-state index contributed by atoms with van der Waals surface area (Å²) in [4.78, 5) is 11.7. The number of amides is 1. The summed E-state index contributed by atoms with van der Waals surface area (Å²) in [5, 5.41) is 6.42. The molecular formula is C15H28N2O3. The van der Waals surface area contributed by atoms with E-state index < -0.39 is 5.60 Å². The molecule has 116 valence electrons. The van der Waals surface area contributed by atoms with Gasteiger partial charge in [0, 0.05) is 25.7 Å². The Hall–Kier alpha value is -0.810.